The number of thioether (sulfide) groups is 1. The molecule has 0 fully saturated rings. The molecule has 0 radical (unpaired) electrons. The van der Waals surface area contributed by atoms with Gasteiger partial charge in [-0.2, -0.15) is 0 Å². The predicted molar refractivity (Wildman–Crippen MR) is 61.2 cm³/mol. The lowest BCUT2D eigenvalue weighted by Crippen LogP contribution is -2.21. The number of benzene rings is 1. The first-order chi connectivity index (χ1) is 5.97. The van der Waals surface area contributed by atoms with Crippen molar-refractivity contribution >= 4 is 27.7 Å². The van der Waals surface area contributed by atoms with Gasteiger partial charge in [0.1, 0.15) is 0 Å². The fraction of sp³-hybridized carbons (Fsp3) is 0.400. The zero-order valence-electron chi connectivity index (χ0n) is 7.75. The molecule has 3 heteroatoms. The van der Waals surface area contributed by atoms with Crippen LogP contribution >= 0.6 is 27.7 Å². The largest absolute Gasteiger partial charge is 0.390 e. The first-order valence-corrected chi connectivity index (χ1v) is 5.86. The third-order valence-corrected chi connectivity index (χ3v) is 3.39. The van der Waals surface area contributed by atoms with Gasteiger partial charge in [0, 0.05) is 15.1 Å². The van der Waals surface area contributed by atoms with Crippen molar-refractivity contribution in [3.63, 3.8) is 0 Å². The Labute approximate surface area is 91.7 Å². The normalized spacial score (nSPS) is 11.7. The van der Waals surface area contributed by atoms with E-state index in [0.717, 1.165) is 4.47 Å². The monoisotopic (exact) mass is 260 g/mol. The fourth-order valence-corrected chi connectivity index (χ4v) is 1.90. The third kappa shape index (κ3) is 4.69. The summed E-state index contributed by atoms with van der Waals surface area (Å²) in [6, 6.07) is 8.10. The zero-order valence-corrected chi connectivity index (χ0v) is 10.2. The van der Waals surface area contributed by atoms with Crippen molar-refractivity contribution in [1.82, 2.24) is 0 Å². The van der Waals surface area contributed by atoms with Gasteiger partial charge in [0.05, 0.1) is 5.60 Å². The van der Waals surface area contributed by atoms with E-state index in [1.807, 2.05) is 38.1 Å². The molecule has 0 spiro atoms. The van der Waals surface area contributed by atoms with E-state index in [0.29, 0.717) is 5.75 Å². The molecular formula is C10H13BrOS. The van der Waals surface area contributed by atoms with Crippen LogP contribution in [0.5, 0.6) is 0 Å². The summed E-state index contributed by atoms with van der Waals surface area (Å²) >= 11 is 5.04. The molecule has 1 N–H and O–H groups in total. The Morgan fingerprint density at radius 1 is 1.31 bits per heavy atom. The van der Waals surface area contributed by atoms with Crippen LogP contribution in [0.25, 0.3) is 0 Å². The number of hydrogen-bond acceptors (Lipinski definition) is 2. The van der Waals surface area contributed by atoms with Crippen molar-refractivity contribution in [1.29, 1.82) is 0 Å². The van der Waals surface area contributed by atoms with Gasteiger partial charge >= 0.3 is 0 Å². The highest BCUT2D eigenvalue weighted by molar-refractivity contribution is 9.10. The highest BCUT2D eigenvalue weighted by atomic mass is 79.9. The summed E-state index contributed by atoms with van der Waals surface area (Å²) in [6.07, 6.45) is 0. The van der Waals surface area contributed by atoms with Crippen LogP contribution in [0, 0.1) is 0 Å². The van der Waals surface area contributed by atoms with Gasteiger partial charge in [0.25, 0.3) is 0 Å². The van der Waals surface area contributed by atoms with E-state index < -0.39 is 5.60 Å². The lowest BCUT2D eigenvalue weighted by atomic mass is 10.2. The molecule has 13 heavy (non-hydrogen) atoms. The van der Waals surface area contributed by atoms with Crippen molar-refractivity contribution in [3.05, 3.63) is 28.7 Å². The molecular weight excluding hydrogens is 248 g/mol. The number of hydrogen-bond donors (Lipinski definition) is 1. The average molecular weight is 261 g/mol. The van der Waals surface area contributed by atoms with Gasteiger partial charge in [-0.1, -0.05) is 15.9 Å². The van der Waals surface area contributed by atoms with Gasteiger partial charge in [-0.25, -0.2) is 0 Å². The maximum Gasteiger partial charge on any atom is 0.0685 e. The summed E-state index contributed by atoms with van der Waals surface area (Å²) in [4.78, 5) is 1.19. The quantitative estimate of drug-likeness (QED) is 0.842. The van der Waals surface area contributed by atoms with E-state index in [4.69, 9.17) is 0 Å². The molecule has 0 aliphatic rings. The predicted octanol–water partition coefficient (Wildman–Crippen LogP) is 3.31. The molecule has 0 aromatic heterocycles. The van der Waals surface area contributed by atoms with Crippen LogP contribution in [0.3, 0.4) is 0 Å². The third-order valence-electron chi connectivity index (χ3n) is 1.41. The summed E-state index contributed by atoms with van der Waals surface area (Å²) in [5.74, 6) is 0.717. The minimum Gasteiger partial charge on any atom is -0.390 e. The van der Waals surface area contributed by atoms with E-state index in [-0.39, 0.29) is 0 Å². The van der Waals surface area contributed by atoms with E-state index in [1.165, 1.54) is 4.90 Å². The first-order valence-electron chi connectivity index (χ1n) is 4.08. The second kappa shape index (κ2) is 4.49. The minimum absolute atomic E-state index is 0.599. The molecule has 1 aromatic rings. The molecule has 0 heterocycles. The van der Waals surface area contributed by atoms with Crippen molar-refractivity contribution in [2.24, 2.45) is 0 Å². The van der Waals surface area contributed by atoms with E-state index in [9.17, 15) is 5.11 Å². The van der Waals surface area contributed by atoms with Gasteiger partial charge in [-0.3, -0.25) is 0 Å². The topological polar surface area (TPSA) is 20.2 Å². The highest BCUT2D eigenvalue weighted by Gasteiger charge is 2.12. The molecule has 0 bridgehead atoms. The molecule has 0 amide bonds. The molecule has 72 valence electrons. The second-order valence-corrected chi connectivity index (χ2v) is 5.52. The van der Waals surface area contributed by atoms with Gasteiger partial charge < -0.3 is 5.11 Å². The maximum absolute atomic E-state index is 9.50. The SMILES string of the molecule is CC(C)(O)CSc1ccc(Br)cc1. The van der Waals surface area contributed by atoms with Crippen LogP contribution in [0.15, 0.2) is 33.6 Å². The van der Waals surface area contributed by atoms with Crippen molar-refractivity contribution in [2.75, 3.05) is 5.75 Å². The van der Waals surface area contributed by atoms with Gasteiger partial charge in [-0.05, 0) is 38.1 Å². The molecule has 1 nitrogen and oxygen atoms in total. The second-order valence-electron chi connectivity index (χ2n) is 3.56. The lowest BCUT2D eigenvalue weighted by Gasteiger charge is -2.15. The average Bonchev–Trinajstić information content (AvgIpc) is 2.02. The molecule has 0 saturated carbocycles. The Morgan fingerprint density at radius 2 is 1.85 bits per heavy atom. The number of halogens is 1. The molecule has 0 unspecified atom stereocenters. The fourth-order valence-electron chi connectivity index (χ4n) is 0.791. The van der Waals surface area contributed by atoms with Gasteiger partial charge in [0.2, 0.25) is 0 Å². The molecule has 0 aliphatic carbocycles. The van der Waals surface area contributed by atoms with Crippen LogP contribution in [-0.2, 0) is 0 Å². The smallest absolute Gasteiger partial charge is 0.0685 e. The molecule has 0 aliphatic heterocycles. The van der Waals surface area contributed by atoms with Crippen LogP contribution in [-0.4, -0.2) is 16.5 Å². The van der Waals surface area contributed by atoms with Crippen LogP contribution in [0.2, 0.25) is 0 Å². The first kappa shape index (κ1) is 11.1. The number of rotatable bonds is 3. The highest BCUT2D eigenvalue weighted by Crippen LogP contribution is 2.23. The Morgan fingerprint density at radius 3 is 2.31 bits per heavy atom. The summed E-state index contributed by atoms with van der Waals surface area (Å²) in [7, 11) is 0. The van der Waals surface area contributed by atoms with Gasteiger partial charge in [0.15, 0.2) is 0 Å². The molecule has 0 atom stereocenters. The van der Waals surface area contributed by atoms with Crippen LogP contribution < -0.4 is 0 Å². The zero-order chi connectivity index (χ0) is 9.90. The molecule has 1 rings (SSSR count). The summed E-state index contributed by atoms with van der Waals surface area (Å²) < 4.78 is 1.08. The molecule has 1 aromatic carbocycles. The van der Waals surface area contributed by atoms with E-state index >= 15 is 0 Å². The van der Waals surface area contributed by atoms with Crippen molar-refractivity contribution in [2.45, 2.75) is 24.3 Å². The lowest BCUT2D eigenvalue weighted by molar-refractivity contribution is 0.107. The van der Waals surface area contributed by atoms with Crippen LogP contribution in [0.1, 0.15) is 13.8 Å². The van der Waals surface area contributed by atoms with E-state index in [2.05, 4.69) is 15.9 Å². The summed E-state index contributed by atoms with van der Waals surface area (Å²) in [5.41, 5.74) is -0.599. The van der Waals surface area contributed by atoms with Crippen molar-refractivity contribution < 1.29 is 5.11 Å². The molecule has 0 saturated heterocycles. The Bertz CT molecular complexity index is 263. The minimum atomic E-state index is -0.599. The van der Waals surface area contributed by atoms with E-state index in [1.54, 1.807) is 11.8 Å². The number of aliphatic hydroxyl groups is 1. The van der Waals surface area contributed by atoms with Crippen molar-refractivity contribution in [3.8, 4) is 0 Å². The van der Waals surface area contributed by atoms with Gasteiger partial charge in [-0.15, -0.1) is 11.8 Å². The maximum atomic E-state index is 9.50. The Balaban J connectivity index is 2.51. The van der Waals surface area contributed by atoms with Crippen LogP contribution in [0.4, 0.5) is 0 Å². The summed E-state index contributed by atoms with van der Waals surface area (Å²) in [6.45, 7) is 3.64. The Kier molecular flexibility index (Phi) is 3.83. The Hall–Kier alpha value is 0.01000. The standard InChI is InChI=1S/C10H13BrOS/c1-10(2,12)7-13-9-5-3-8(11)4-6-9/h3-6,12H,7H2,1-2H3. The summed E-state index contributed by atoms with van der Waals surface area (Å²) in [5, 5.41) is 9.50.